The third-order valence-electron chi connectivity index (χ3n) is 4.48. The lowest BCUT2D eigenvalue weighted by atomic mass is 9.67. The van der Waals surface area contributed by atoms with E-state index < -0.39 is 0 Å². The quantitative estimate of drug-likeness (QED) is 0.738. The zero-order valence-electron chi connectivity index (χ0n) is 13.3. The second kappa shape index (κ2) is 4.87. The molecule has 1 aromatic rings. The fraction of sp³-hybridized carbons (Fsp3) is 0.421. The molecule has 2 nitrogen and oxygen atoms in total. The van der Waals surface area contributed by atoms with Crippen LogP contribution in [0.1, 0.15) is 38.8 Å². The Hall–Kier alpha value is -1.83. The molecule has 0 spiro atoms. The predicted molar refractivity (Wildman–Crippen MR) is 88.6 cm³/mol. The van der Waals surface area contributed by atoms with Gasteiger partial charge in [-0.2, -0.15) is 0 Å². The van der Waals surface area contributed by atoms with Gasteiger partial charge in [0.15, 0.2) is 5.90 Å². The predicted octanol–water partition coefficient (Wildman–Crippen LogP) is 4.37. The highest BCUT2D eigenvalue weighted by atomic mass is 16.5. The monoisotopic (exact) mass is 281 g/mol. The molecule has 1 aliphatic heterocycles. The van der Waals surface area contributed by atoms with E-state index in [0.29, 0.717) is 6.61 Å². The van der Waals surface area contributed by atoms with E-state index in [9.17, 15) is 0 Å². The van der Waals surface area contributed by atoms with Crippen molar-refractivity contribution in [3.05, 3.63) is 53.6 Å². The van der Waals surface area contributed by atoms with Crippen molar-refractivity contribution < 1.29 is 4.74 Å². The van der Waals surface area contributed by atoms with Gasteiger partial charge < -0.3 is 4.74 Å². The summed E-state index contributed by atoms with van der Waals surface area (Å²) in [4.78, 5) is 4.87. The summed E-state index contributed by atoms with van der Waals surface area (Å²) in [6.45, 7) is 9.22. The van der Waals surface area contributed by atoms with Gasteiger partial charge in [0.05, 0.1) is 11.0 Å². The van der Waals surface area contributed by atoms with Crippen LogP contribution in [0.15, 0.2) is 47.5 Å². The molecule has 1 aliphatic carbocycles. The molecule has 0 radical (unpaired) electrons. The number of fused-ring (bicyclic) bond motifs is 1. The van der Waals surface area contributed by atoms with Gasteiger partial charge in [0.2, 0.25) is 0 Å². The minimum Gasteiger partial charge on any atom is -0.478 e. The first kappa shape index (κ1) is 14.1. The smallest absolute Gasteiger partial charge is 0.195 e. The van der Waals surface area contributed by atoms with E-state index in [1.165, 1.54) is 11.1 Å². The van der Waals surface area contributed by atoms with Gasteiger partial charge in [-0.25, -0.2) is 4.99 Å². The number of aliphatic imine (C=N–C) groups is 1. The van der Waals surface area contributed by atoms with Crippen LogP contribution in [0, 0.1) is 5.92 Å². The lowest BCUT2D eigenvalue weighted by Gasteiger charge is -2.38. The number of ether oxygens (including phenoxy) is 1. The Morgan fingerprint density at radius 3 is 2.67 bits per heavy atom. The van der Waals surface area contributed by atoms with Crippen LogP contribution in [0.5, 0.6) is 0 Å². The first-order chi connectivity index (χ1) is 9.97. The normalized spacial score (nSPS) is 30.1. The molecule has 2 heteroatoms. The average Bonchev–Trinajstić information content (AvgIpc) is 2.83. The van der Waals surface area contributed by atoms with Gasteiger partial charge >= 0.3 is 0 Å². The van der Waals surface area contributed by atoms with Crippen LogP contribution in [0.4, 0.5) is 0 Å². The fourth-order valence-corrected chi connectivity index (χ4v) is 3.27. The second-order valence-electron chi connectivity index (χ2n) is 6.72. The molecular weight excluding hydrogens is 258 g/mol. The molecule has 1 aromatic carbocycles. The lowest BCUT2D eigenvalue weighted by molar-refractivity contribution is 0.255. The third kappa shape index (κ3) is 2.23. The summed E-state index contributed by atoms with van der Waals surface area (Å²) < 4.78 is 6.03. The molecule has 0 fully saturated rings. The van der Waals surface area contributed by atoms with Crippen LogP contribution >= 0.6 is 0 Å². The molecule has 0 amide bonds. The van der Waals surface area contributed by atoms with Crippen molar-refractivity contribution in [2.75, 3.05) is 6.61 Å². The molecule has 2 atom stereocenters. The minimum atomic E-state index is -0.231. The maximum absolute atomic E-state index is 6.03. The molecule has 3 rings (SSSR count). The largest absolute Gasteiger partial charge is 0.478 e. The van der Waals surface area contributed by atoms with Crippen LogP contribution < -0.4 is 0 Å². The highest BCUT2D eigenvalue weighted by molar-refractivity contribution is 5.92. The molecule has 110 valence electrons. The maximum Gasteiger partial charge on any atom is 0.195 e. The number of benzene rings is 1. The van der Waals surface area contributed by atoms with Gasteiger partial charge in [-0.15, -0.1) is 0 Å². The van der Waals surface area contributed by atoms with E-state index in [4.69, 9.17) is 9.73 Å². The van der Waals surface area contributed by atoms with Crippen molar-refractivity contribution in [1.29, 1.82) is 0 Å². The molecule has 21 heavy (non-hydrogen) atoms. The summed E-state index contributed by atoms with van der Waals surface area (Å²) in [5.41, 5.74) is 2.20. The van der Waals surface area contributed by atoms with Crippen LogP contribution in [0.25, 0.3) is 6.08 Å². The fourth-order valence-electron chi connectivity index (χ4n) is 3.27. The van der Waals surface area contributed by atoms with Crippen molar-refractivity contribution >= 4 is 12.0 Å². The Bertz CT molecular complexity index is 639. The molecule has 0 saturated heterocycles. The van der Waals surface area contributed by atoms with Crippen LogP contribution in [0.2, 0.25) is 0 Å². The molecule has 2 unspecified atom stereocenters. The number of hydrogen-bond donors (Lipinski definition) is 0. The van der Waals surface area contributed by atoms with Gasteiger partial charge in [-0.1, -0.05) is 48.6 Å². The van der Waals surface area contributed by atoms with Gasteiger partial charge in [-0.3, -0.25) is 0 Å². The molecule has 0 aromatic heterocycles. The molecule has 0 bridgehead atoms. The van der Waals surface area contributed by atoms with E-state index in [0.717, 1.165) is 5.90 Å². The lowest BCUT2D eigenvalue weighted by Crippen LogP contribution is -2.41. The highest BCUT2D eigenvalue weighted by Gasteiger charge is 2.46. The van der Waals surface area contributed by atoms with Gasteiger partial charge in [-0.05, 0) is 38.8 Å². The molecular formula is C19H23NO. The zero-order chi connectivity index (χ0) is 15.1. The van der Waals surface area contributed by atoms with Crippen molar-refractivity contribution in [2.24, 2.45) is 10.9 Å². The number of nitrogens with zero attached hydrogens (tertiary/aromatic N) is 1. The van der Waals surface area contributed by atoms with E-state index >= 15 is 0 Å². The molecule has 2 aliphatic rings. The Balaban J connectivity index is 2.17. The van der Waals surface area contributed by atoms with E-state index in [2.05, 4.69) is 76.3 Å². The van der Waals surface area contributed by atoms with Gasteiger partial charge in [0.25, 0.3) is 0 Å². The van der Waals surface area contributed by atoms with Crippen molar-refractivity contribution in [2.45, 2.75) is 38.6 Å². The summed E-state index contributed by atoms with van der Waals surface area (Å²) in [7, 11) is 0. The van der Waals surface area contributed by atoms with Crippen molar-refractivity contribution in [3.63, 3.8) is 0 Å². The van der Waals surface area contributed by atoms with Crippen LogP contribution in [-0.4, -0.2) is 18.0 Å². The summed E-state index contributed by atoms with van der Waals surface area (Å²) >= 11 is 0. The molecule has 1 heterocycles. The standard InChI is InChI=1S/C19H23NO/c1-5-8-15-12-11-14-9-6-7-10-16(14)19(15,4)17-20-18(2,3)13-21-17/h5-12,15H,13H2,1-4H3/b8-5+. The van der Waals surface area contributed by atoms with Crippen molar-refractivity contribution in [3.8, 4) is 0 Å². The van der Waals surface area contributed by atoms with Crippen LogP contribution in [0.3, 0.4) is 0 Å². The first-order valence-electron chi connectivity index (χ1n) is 7.61. The number of allylic oxidation sites excluding steroid dienone is 3. The maximum atomic E-state index is 6.03. The average molecular weight is 281 g/mol. The zero-order valence-corrected chi connectivity index (χ0v) is 13.3. The first-order valence-corrected chi connectivity index (χ1v) is 7.61. The van der Waals surface area contributed by atoms with Crippen molar-refractivity contribution in [1.82, 2.24) is 0 Å². The Morgan fingerprint density at radius 2 is 2.00 bits per heavy atom. The molecule has 0 saturated carbocycles. The Labute approximate surface area is 127 Å². The van der Waals surface area contributed by atoms with E-state index in [1.807, 2.05) is 0 Å². The third-order valence-corrected chi connectivity index (χ3v) is 4.48. The summed E-state index contributed by atoms with van der Waals surface area (Å²) in [5.74, 6) is 1.14. The topological polar surface area (TPSA) is 21.6 Å². The SMILES string of the molecule is C/C=C/C1C=Cc2ccccc2C1(C)C1=NC(C)(C)CO1. The summed E-state index contributed by atoms with van der Waals surface area (Å²) in [6.07, 6.45) is 8.83. The molecule has 0 N–H and O–H groups in total. The van der Waals surface area contributed by atoms with E-state index in [-0.39, 0.29) is 16.9 Å². The van der Waals surface area contributed by atoms with E-state index in [1.54, 1.807) is 0 Å². The van der Waals surface area contributed by atoms with Gasteiger partial charge in [0, 0.05) is 5.92 Å². The van der Waals surface area contributed by atoms with Gasteiger partial charge in [0.1, 0.15) is 6.61 Å². The summed E-state index contributed by atoms with van der Waals surface area (Å²) in [6, 6.07) is 8.55. The number of hydrogen-bond acceptors (Lipinski definition) is 2. The number of rotatable bonds is 2. The second-order valence-corrected chi connectivity index (χ2v) is 6.72. The summed E-state index contributed by atoms with van der Waals surface area (Å²) in [5, 5.41) is 0. The Morgan fingerprint density at radius 1 is 1.24 bits per heavy atom. The highest BCUT2D eigenvalue weighted by Crippen LogP contribution is 2.44. The van der Waals surface area contributed by atoms with Crippen LogP contribution in [-0.2, 0) is 10.2 Å². The minimum absolute atomic E-state index is 0.130. The Kier molecular flexibility index (Phi) is 3.27.